The van der Waals surface area contributed by atoms with E-state index in [0.29, 0.717) is 39.5 Å². The Balaban J connectivity index is 1.11. The number of anilines is 2. The second-order valence-corrected chi connectivity index (χ2v) is 25.7. The fourth-order valence-corrected chi connectivity index (χ4v) is 9.59. The number of methoxy groups -OCH3 is 1. The van der Waals surface area contributed by atoms with Crippen molar-refractivity contribution in [2.24, 2.45) is 5.92 Å². The Hall–Kier alpha value is -4.96. The molecule has 0 unspecified atom stereocenters. The maximum absolute atomic E-state index is 13.6. The van der Waals surface area contributed by atoms with Crippen molar-refractivity contribution in [3.63, 3.8) is 0 Å². The zero-order valence-electron chi connectivity index (χ0n) is 39.7. The Morgan fingerprint density at radius 1 is 0.953 bits per heavy atom. The van der Waals surface area contributed by atoms with Gasteiger partial charge in [-0.05, 0) is 89.3 Å². The minimum Gasteiger partial charge on any atom is -0.497 e. The molecular weight excluding hydrogens is 825 g/mol. The molecule has 2 aliphatic rings. The number of hydrogen-bond donors (Lipinski definition) is 0. The number of ether oxygens (including phenoxy) is 5. The number of benzene rings is 2. The summed E-state index contributed by atoms with van der Waals surface area (Å²) in [6.07, 6.45) is 9.47. The molecule has 5 aromatic rings. The van der Waals surface area contributed by atoms with Gasteiger partial charge in [-0.15, -0.1) is 0 Å². The van der Waals surface area contributed by atoms with E-state index < -0.39 is 19.5 Å². The molecule has 7 rings (SSSR count). The van der Waals surface area contributed by atoms with Crippen molar-refractivity contribution in [1.82, 2.24) is 29.2 Å². The summed E-state index contributed by atoms with van der Waals surface area (Å²) < 4.78 is 35.1. The first-order chi connectivity index (χ1) is 30.4. The van der Waals surface area contributed by atoms with E-state index in [1.807, 2.05) is 80.7 Å². The van der Waals surface area contributed by atoms with Gasteiger partial charge in [0.15, 0.2) is 5.79 Å². The van der Waals surface area contributed by atoms with Crippen molar-refractivity contribution in [2.45, 2.75) is 122 Å². The van der Waals surface area contributed by atoms with Crippen LogP contribution < -0.4 is 14.5 Å². The maximum Gasteiger partial charge on any atom is 0.410 e. The Bertz CT molecular complexity index is 2270. The van der Waals surface area contributed by atoms with Gasteiger partial charge in [0, 0.05) is 66.6 Å². The number of carbonyl (C=O) groups is 1. The van der Waals surface area contributed by atoms with Gasteiger partial charge < -0.3 is 43.0 Å². The summed E-state index contributed by atoms with van der Waals surface area (Å²) in [5.41, 5.74) is 3.61. The number of nitrogens with zero attached hydrogens (tertiary/aromatic N) is 8. The number of amides is 1. The molecule has 4 heterocycles. The molecule has 1 amide bonds. The largest absolute Gasteiger partial charge is 0.497 e. The van der Waals surface area contributed by atoms with Crippen molar-refractivity contribution in [3.05, 3.63) is 96.7 Å². The van der Waals surface area contributed by atoms with Crippen LogP contribution in [0, 0.1) is 5.92 Å². The minimum absolute atomic E-state index is 0.0195. The van der Waals surface area contributed by atoms with E-state index in [9.17, 15) is 4.79 Å². The topological polar surface area (TPSA) is 121 Å². The van der Waals surface area contributed by atoms with Crippen molar-refractivity contribution in [1.29, 1.82) is 0 Å². The van der Waals surface area contributed by atoms with E-state index in [2.05, 4.69) is 83.8 Å². The van der Waals surface area contributed by atoms with Gasteiger partial charge in [0.25, 0.3) is 0 Å². The molecule has 4 atom stereocenters. The summed E-state index contributed by atoms with van der Waals surface area (Å²) in [7, 11) is 2.52. The lowest BCUT2D eigenvalue weighted by Crippen LogP contribution is -2.40. The highest BCUT2D eigenvalue weighted by molar-refractivity contribution is 6.76. The van der Waals surface area contributed by atoms with Crippen molar-refractivity contribution >= 4 is 36.7 Å². The van der Waals surface area contributed by atoms with Gasteiger partial charge in [0.2, 0.25) is 0 Å². The molecule has 64 heavy (non-hydrogen) atoms. The number of hydrogen-bond acceptors (Lipinski definition) is 11. The molecule has 1 aliphatic carbocycles. The quantitative estimate of drug-likeness (QED) is 0.0550. The van der Waals surface area contributed by atoms with Crippen LogP contribution in [-0.2, 0) is 38.6 Å². The van der Waals surface area contributed by atoms with Gasteiger partial charge in [-0.1, -0.05) is 62.1 Å². The van der Waals surface area contributed by atoms with Crippen LogP contribution in [-0.4, -0.2) is 114 Å². The van der Waals surface area contributed by atoms with Gasteiger partial charge >= 0.3 is 6.09 Å². The number of fused-ring (bicyclic) bond motifs is 2. The molecule has 14 nitrogen and oxygen atoms in total. The standard InChI is InChI=1S/C49H70N8O6Si/c1-48(2,3)63-47(58)54(25-21-36-15-12-11-13-16-36)23-14-24-55(39-30-52-56(33-39)35-60-27-28-64(8,9)10)32-38-29-42(44-43(38)61-49(4,5)62-44)57-26-22-41-45(50-34-51-46(41)57)53(6)31-37-17-19-40(59-7)20-18-37/h11-13,15-20,22,26,30,33-34,38,42-44H,14,21,23-25,27-29,31-32,35H2,1-10H3/t38-,42-,43-,44+/m1/s1. The van der Waals surface area contributed by atoms with Crippen LogP contribution in [0.5, 0.6) is 5.75 Å². The second kappa shape index (κ2) is 20.1. The third-order valence-corrected chi connectivity index (χ3v) is 13.7. The lowest BCUT2D eigenvalue weighted by Gasteiger charge is -2.31. The number of aromatic nitrogens is 5. The van der Waals surface area contributed by atoms with Gasteiger partial charge in [-0.2, -0.15) is 5.10 Å². The molecule has 2 aromatic carbocycles. The van der Waals surface area contributed by atoms with Gasteiger partial charge in [0.05, 0.1) is 42.7 Å². The predicted octanol–water partition coefficient (Wildman–Crippen LogP) is 9.04. The zero-order valence-corrected chi connectivity index (χ0v) is 40.7. The van der Waals surface area contributed by atoms with Gasteiger partial charge in [-0.3, -0.25) is 0 Å². The molecule has 0 spiro atoms. The fraction of sp³-hybridized carbons (Fsp3) is 0.551. The highest BCUT2D eigenvalue weighted by Crippen LogP contribution is 2.48. The number of carbonyl (C=O) groups excluding carboxylic acids is 1. The van der Waals surface area contributed by atoms with E-state index in [-0.39, 0.29) is 30.3 Å². The molecule has 3 aromatic heterocycles. The molecule has 1 aliphatic heterocycles. The first kappa shape index (κ1) is 47.0. The Morgan fingerprint density at radius 2 is 1.70 bits per heavy atom. The van der Waals surface area contributed by atoms with E-state index in [1.54, 1.807) is 13.4 Å². The molecule has 15 heteroatoms. The first-order valence-electron chi connectivity index (χ1n) is 22.8. The molecule has 346 valence electrons. The summed E-state index contributed by atoms with van der Waals surface area (Å²) >= 11 is 0. The number of rotatable bonds is 20. The first-order valence-corrected chi connectivity index (χ1v) is 26.5. The van der Waals surface area contributed by atoms with Crippen LogP contribution in [0.2, 0.25) is 25.7 Å². The third-order valence-electron chi connectivity index (χ3n) is 12.0. The maximum atomic E-state index is 13.6. The van der Waals surface area contributed by atoms with Crippen LogP contribution in [0.15, 0.2) is 85.6 Å². The van der Waals surface area contributed by atoms with Crippen LogP contribution in [0.3, 0.4) is 0 Å². The molecule has 0 N–H and O–H groups in total. The van der Waals surface area contributed by atoms with Gasteiger partial charge in [-0.25, -0.2) is 19.4 Å². The van der Waals surface area contributed by atoms with Crippen LogP contribution in [0.1, 0.15) is 64.6 Å². The van der Waals surface area contributed by atoms with Gasteiger partial charge in [0.1, 0.15) is 42.0 Å². The van der Waals surface area contributed by atoms with E-state index >= 15 is 0 Å². The predicted molar refractivity (Wildman–Crippen MR) is 255 cm³/mol. The Morgan fingerprint density at radius 3 is 2.42 bits per heavy atom. The molecule has 0 bridgehead atoms. The van der Waals surface area contributed by atoms with Crippen molar-refractivity contribution in [3.8, 4) is 5.75 Å². The van der Waals surface area contributed by atoms with Crippen LogP contribution in [0.4, 0.5) is 16.3 Å². The highest BCUT2D eigenvalue weighted by atomic mass is 28.3. The van der Waals surface area contributed by atoms with E-state index in [1.165, 1.54) is 5.56 Å². The van der Waals surface area contributed by atoms with E-state index in [4.69, 9.17) is 38.8 Å². The fourth-order valence-electron chi connectivity index (χ4n) is 8.83. The van der Waals surface area contributed by atoms with Crippen molar-refractivity contribution in [2.75, 3.05) is 56.7 Å². The monoisotopic (exact) mass is 895 g/mol. The van der Waals surface area contributed by atoms with Crippen LogP contribution >= 0.6 is 0 Å². The Labute approximate surface area is 380 Å². The summed E-state index contributed by atoms with van der Waals surface area (Å²) in [5.74, 6) is 1.07. The Kier molecular flexibility index (Phi) is 14.7. The summed E-state index contributed by atoms with van der Waals surface area (Å²) in [6.45, 7) is 21.1. The SMILES string of the molecule is COc1ccc(CN(C)c2ncnc3c2ccn3[C@@H]2C[C@H](CN(CCCN(CCc3ccccc3)C(=O)OC(C)(C)C)c3cnn(COCC[Si](C)(C)C)c3)[C@H]3OC(C)(C)O[C@H]32)cc1. The minimum atomic E-state index is -1.22. The smallest absolute Gasteiger partial charge is 0.410 e. The third kappa shape index (κ3) is 12.2. The van der Waals surface area contributed by atoms with Crippen molar-refractivity contribution < 1.29 is 28.5 Å². The van der Waals surface area contributed by atoms with E-state index in [0.717, 1.165) is 65.8 Å². The highest BCUT2D eigenvalue weighted by Gasteiger charge is 2.55. The zero-order chi connectivity index (χ0) is 45.6. The summed E-state index contributed by atoms with van der Waals surface area (Å²) in [4.78, 5) is 29.6. The summed E-state index contributed by atoms with van der Waals surface area (Å²) in [6, 6.07) is 21.6. The lowest BCUT2D eigenvalue weighted by atomic mass is 10.0. The average molecular weight is 895 g/mol. The molecular formula is C49H70N8O6Si. The molecule has 2 fully saturated rings. The average Bonchev–Trinajstić information content (AvgIpc) is 4.03. The second-order valence-electron chi connectivity index (χ2n) is 20.1. The molecule has 1 saturated heterocycles. The van der Waals surface area contributed by atoms with Crippen LogP contribution in [0.25, 0.3) is 11.0 Å². The lowest BCUT2D eigenvalue weighted by molar-refractivity contribution is -0.159. The molecule has 0 radical (unpaired) electrons. The normalized spacial score (nSPS) is 19.5. The molecule has 1 saturated carbocycles. The summed E-state index contributed by atoms with van der Waals surface area (Å²) in [5, 5.41) is 5.73.